The molecule has 170 valence electrons. The van der Waals surface area contributed by atoms with Gasteiger partial charge in [-0.05, 0) is 30.5 Å². The molecule has 0 aliphatic carbocycles. The van der Waals surface area contributed by atoms with Crippen LogP contribution in [0.4, 0.5) is 4.79 Å². The van der Waals surface area contributed by atoms with Crippen molar-refractivity contribution in [2.75, 3.05) is 20.8 Å². The SMILES string of the molecule is CCCCOc1c(CNC(=O)O)n(CC(C)C)c(=O)c2ccc(C(=O)N(C)OC)cc12. The molecule has 0 aliphatic rings. The van der Waals surface area contributed by atoms with Gasteiger partial charge in [-0.25, -0.2) is 9.86 Å². The third-order valence-electron chi connectivity index (χ3n) is 4.83. The number of hydroxylamine groups is 2. The van der Waals surface area contributed by atoms with Crippen LogP contribution in [0.25, 0.3) is 10.8 Å². The number of carbonyl (C=O) groups is 2. The van der Waals surface area contributed by atoms with E-state index in [-0.39, 0.29) is 23.9 Å². The first-order valence-corrected chi connectivity index (χ1v) is 10.3. The lowest BCUT2D eigenvalue weighted by Gasteiger charge is -2.22. The number of nitrogens with one attached hydrogen (secondary N) is 1. The van der Waals surface area contributed by atoms with E-state index in [2.05, 4.69) is 5.32 Å². The van der Waals surface area contributed by atoms with E-state index < -0.39 is 6.09 Å². The van der Waals surface area contributed by atoms with Gasteiger partial charge < -0.3 is 19.7 Å². The van der Waals surface area contributed by atoms with Crippen LogP contribution in [0, 0.1) is 5.92 Å². The minimum atomic E-state index is -1.20. The van der Waals surface area contributed by atoms with Gasteiger partial charge in [0.25, 0.3) is 11.5 Å². The molecule has 0 aliphatic heterocycles. The van der Waals surface area contributed by atoms with Crippen molar-refractivity contribution in [2.24, 2.45) is 5.92 Å². The second-order valence-corrected chi connectivity index (χ2v) is 7.69. The molecule has 0 radical (unpaired) electrons. The summed E-state index contributed by atoms with van der Waals surface area (Å²) in [5.41, 5.74) is 0.512. The topological polar surface area (TPSA) is 110 Å². The largest absolute Gasteiger partial charge is 0.491 e. The van der Waals surface area contributed by atoms with E-state index >= 15 is 0 Å². The van der Waals surface area contributed by atoms with Crippen LogP contribution in [0.3, 0.4) is 0 Å². The van der Waals surface area contributed by atoms with Gasteiger partial charge in [-0.1, -0.05) is 27.2 Å². The number of carbonyl (C=O) groups excluding carboxylic acids is 1. The molecule has 1 aromatic heterocycles. The van der Waals surface area contributed by atoms with E-state index in [9.17, 15) is 14.4 Å². The Morgan fingerprint density at radius 3 is 2.55 bits per heavy atom. The lowest BCUT2D eigenvalue weighted by molar-refractivity contribution is -0.0756. The van der Waals surface area contributed by atoms with Gasteiger partial charge in [0, 0.05) is 24.5 Å². The molecule has 2 rings (SSSR count). The summed E-state index contributed by atoms with van der Waals surface area (Å²) in [5, 5.41) is 13.4. The van der Waals surface area contributed by atoms with Gasteiger partial charge in [-0.15, -0.1) is 0 Å². The fourth-order valence-corrected chi connectivity index (χ4v) is 3.24. The maximum atomic E-state index is 13.3. The third kappa shape index (κ3) is 5.75. The Bertz CT molecular complexity index is 999. The highest BCUT2D eigenvalue weighted by molar-refractivity contribution is 5.99. The third-order valence-corrected chi connectivity index (χ3v) is 4.83. The van der Waals surface area contributed by atoms with Gasteiger partial charge in [-0.2, -0.15) is 0 Å². The van der Waals surface area contributed by atoms with Crippen LogP contribution in [0.1, 0.15) is 49.7 Å². The maximum absolute atomic E-state index is 13.3. The van der Waals surface area contributed by atoms with Crippen molar-refractivity contribution in [3.05, 3.63) is 39.8 Å². The Balaban J connectivity index is 2.79. The van der Waals surface area contributed by atoms with Crippen LogP contribution < -0.4 is 15.6 Å². The molecule has 0 saturated heterocycles. The first-order chi connectivity index (χ1) is 14.7. The number of rotatable bonds is 10. The summed E-state index contributed by atoms with van der Waals surface area (Å²) in [6.45, 7) is 6.70. The summed E-state index contributed by atoms with van der Waals surface area (Å²) >= 11 is 0. The highest BCUT2D eigenvalue weighted by Crippen LogP contribution is 2.30. The molecule has 0 unspecified atom stereocenters. The average Bonchev–Trinajstić information content (AvgIpc) is 2.74. The van der Waals surface area contributed by atoms with Crippen LogP contribution in [-0.4, -0.2) is 47.5 Å². The molecule has 2 amide bonds. The predicted molar refractivity (Wildman–Crippen MR) is 117 cm³/mol. The van der Waals surface area contributed by atoms with Crippen molar-refractivity contribution < 1.29 is 24.3 Å². The van der Waals surface area contributed by atoms with Crippen molar-refractivity contribution in [2.45, 2.75) is 46.7 Å². The number of carboxylic acid groups (broad SMARTS) is 1. The average molecular weight is 434 g/mol. The van der Waals surface area contributed by atoms with E-state index in [0.717, 1.165) is 17.9 Å². The predicted octanol–water partition coefficient (Wildman–Crippen LogP) is 3.24. The maximum Gasteiger partial charge on any atom is 0.404 e. The Kier molecular flexibility index (Phi) is 8.44. The molecule has 31 heavy (non-hydrogen) atoms. The summed E-state index contributed by atoms with van der Waals surface area (Å²) in [7, 11) is 2.88. The first-order valence-electron chi connectivity index (χ1n) is 10.3. The molecule has 2 N–H and O–H groups in total. The zero-order valence-electron chi connectivity index (χ0n) is 18.7. The van der Waals surface area contributed by atoms with Crippen molar-refractivity contribution in [3.63, 3.8) is 0 Å². The molecular weight excluding hydrogens is 402 g/mol. The summed E-state index contributed by atoms with van der Waals surface area (Å²) < 4.78 is 7.64. The van der Waals surface area contributed by atoms with E-state index in [1.807, 2.05) is 20.8 Å². The standard InChI is InChI=1S/C22H31N3O6/c1-6-7-10-31-19-17-11-15(20(26)24(4)30-5)8-9-16(17)21(27)25(13-14(2)3)18(19)12-23-22(28)29/h8-9,11,14,23H,6-7,10,12-13H2,1-5H3,(H,28,29). The van der Waals surface area contributed by atoms with Crippen molar-refractivity contribution in [1.82, 2.24) is 14.9 Å². The van der Waals surface area contributed by atoms with Crippen molar-refractivity contribution in [3.8, 4) is 5.75 Å². The second kappa shape index (κ2) is 10.8. The molecule has 9 heteroatoms. The fourth-order valence-electron chi connectivity index (χ4n) is 3.24. The number of amides is 2. The smallest absolute Gasteiger partial charge is 0.404 e. The minimum absolute atomic E-state index is 0.0924. The Hall–Kier alpha value is -3.07. The number of hydrogen-bond donors (Lipinski definition) is 2. The highest BCUT2D eigenvalue weighted by Gasteiger charge is 2.21. The quantitative estimate of drug-likeness (QED) is 0.440. The number of benzene rings is 1. The first kappa shape index (κ1) is 24.2. The van der Waals surface area contributed by atoms with Gasteiger partial charge in [0.05, 0.1) is 31.3 Å². The van der Waals surface area contributed by atoms with Crippen LogP contribution in [0.2, 0.25) is 0 Å². The van der Waals surface area contributed by atoms with Crippen LogP contribution in [0.15, 0.2) is 23.0 Å². The monoisotopic (exact) mass is 433 g/mol. The zero-order valence-corrected chi connectivity index (χ0v) is 18.7. The highest BCUT2D eigenvalue weighted by atomic mass is 16.7. The normalized spacial score (nSPS) is 11.0. The number of fused-ring (bicyclic) bond motifs is 1. The molecule has 0 atom stereocenters. The zero-order chi connectivity index (χ0) is 23.1. The lowest BCUT2D eigenvalue weighted by atomic mass is 10.0. The molecule has 2 aromatic rings. The summed E-state index contributed by atoms with van der Waals surface area (Å²) in [4.78, 5) is 42.0. The number of hydrogen-bond acceptors (Lipinski definition) is 5. The Morgan fingerprint density at radius 2 is 1.97 bits per heavy atom. The van der Waals surface area contributed by atoms with E-state index in [4.69, 9.17) is 14.7 Å². The second-order valence-electron chi connectivity index (χ2n) is 7.69. The lowest BCUT2D eigenvalue weighted by Crippen LogP contribution is -2.31. The molecule has 0 fully saturated rings. The summed E-state index contributed by atoms with van der Waals surface area (Å²) in [5.74, 6) is 0.186. The van der Waals surface area contributed by atoms with Gasteiger partial charge >= 0.3 is 6.09 Å². The van der Waals surface area contributed by atoms with Crippen LogP contribution in [-0.2, 0) is 17.9 Å². The number of ether oxygens (including phenoxy) is 1. The van der Waals surface area contributed by atoms with Gasteiger partial charge in [-0.3, -0.25) is 14.4 Å². The van der Waals surface area contributed by atoms with Gasteiger partial charge in [0.1, 0.15) is 5.75 Å². The van der Waals surface area contributed by atoms with E-state index in [1.165, 1.54) is 14.2 Å². The van der Waals surface area contributed by atoms with Crippen LogP contribution >= 0.6 is 0 Å². The molecule has 0 saturated carbocycles. The Labute approximate surface area is 181 Å². The number of nitrogens with zero attached hydrogens (tertiary/aromatic N) is 2. The summed E-state index contributed by atoms with van der Waals surface area (Å²) in [6, 6.07) is 4.78. The van der Waals surface area contributed by atoms with E-state index in [0.29, 0.717) is 40.9 Å². The van der Waals surface area contributed by atoms with E-state index in [1.54, 1.807) is 22.8 Å². The fraction of sp³-hybridized carbons (Fsp3) is 0.500. The number of aromatic nitrogens is 1. The summed E-state index contributed by atoms with van der Waals surface area (Å²) in [6.07, 6.45) is 0.504. The minimum Gasteiger partial charge on any atom is -0.491 e. The van der Waals surface area contributed by atoms with Crippen LogP contribution in [0.5, 0.6) is 5.75 Å². The Morgan fingerprint density at radius 1 is 1.26 bits per heavy atom. The molecule has 9 nitrogen and oxygen atoms in total. The number of pyridine rings is 1. The van der Waals surface area contributed by atoms with Gasteiger partial charge in [0.2, 0.25) is 0 Å². The van der Waals surface area contributed by atoms with Crippen molar-refractivity contribution in [1.29, 1.82) is 0 Å². The van der Waals surface area contributed by atoms with Crippen molar-refractivity contribution >= 4 is 22.8 Å². The number of unbranched alkanes of at least 4 members (excludes halogenated alkanes) is 1. The molecule has 1 aromatic carbocycles. The molecule has 0 bridgehead atoms. The molecule has 1 heterocycles. The molecule has 0 spiro atoms. The molecular formula is C22H31N3O6. The van der Waals surface area contributed by atoms with Gasteiger partial charge in [0.15, 0.2) is 0 Å².